The second kappa shape index (κ2) is 7.87. The highest BCUT2D eigenvalue weighted by Gasteiger charge is 2.29. The smallest absolute Gasteiger partial charge is 0.262 e. The highest BCUT2D eigenvalue weighted by atomic mass is 79.9. The summed E-state index contributed by atoms with van der Waals surface area (Å²) in [6, 6.07) is 9.80. The third-order valence-corrected chi connectivity index (χ3v) is 6.27. The lowest BCUT2D eigenvalue weighted by Gasteiger charge is -2.21. The highest BCUT2D eigenvalue weighted by molar-refractivity contribution is 9.10. The minimum absolute atomic E-state index is 0.00823. The normalized spacial score (nSPS) is 11.9. The Bertz CT molecular complexity index is 1030. The predicted octanol–water partition coefficient (Wildman–Crippen LogP) is 3.42. The molecule has 0 spiro atoms. The summed E-state index contributed by atoms with van der Waals surface area (Å²) in [5, 5.41) is -0.0732. The fourth-order valence-electron chi connectivity index (χ4n) is 2.52. The van der Waals surface area contributed by atoms with Crippen molar-refractivity contribution in [1.82, 2.24) is 18.8 Å². The van der Waals surface area contributed by atoms with Crippen molar-refractivity contribution >= 4 is 26.0 Å². The van der Waals surface area contributed by atoms with Crippen LogP contribution in [0.15, 0.2) is 58.3 Å². The summed E-state index contributed by atoms with van der Waals surface area (Å²) < 4.78 is 44.1. The predicted molar refractivity (Wildman–Crippen MR) is 103 cm³/mol. The van der Waals surface area contributed by atoms with E-state index in [-0.39, 0.29) is 23.7 Å². The van der Waals surface area contributed by atoms with Crippen LogP contribution >= 0.6 is 15.9 Å². The minimum Gasteiger partial charge on any atom is -0.337 e. The molecule has 0 fully saturated rings. The number of halogens is 2. The van der Waals surface area contributed by atoms with Gasteiger partial charge in [-0.2, -0.15) is 4.31 Å². The Balaban J connectivity index is 2.01. The van der Waals surface area contributed by atoms with E-state index in [1.807, 2.05) is 0 Å². The van der Waals surface area contributed by atoms with Gasteiger partial charge in [-0.25, -0.2) is 17.8 Å². The molecule has 3 aromatic rings. The van der Waals surface area contributed by atoms with Gasteiger partial charge in [0.1, 0.15) is 11.6 Å². The topological polar surface area (TPSA) is 68.1 Å². The second-order valence-electron chi connectivity index (χ2n) is 6.07. The van der Waals surface area contributed by atoms with Gasteiger partial charge in [-0.3, -0.25) is 4.98 Å². The van der Waals surface area contributed by atoms with E-state index in [0.29, 0.717) is 16.0 Å². The standard InChI is InChI=1S/C18H18BrFN4O2S/c1-13-22-18(12-23(13)2)27(25,26)24(11-16-5-3-4-8-21-16)10-14-6-7-15(19)9-17(14)20/h3-9,12H,10-11H2,1-2H3. The van der Waals surface area contributed by atoms with Gasteiger partial charge in [-0.15, -0.1) is 0 Å². The van der Waals surface area contributed by atoms with Crippen LogP contribution in [-0.2, 0) is 30.2 Å². The third kappa shape index (κ3) is 4.42. The summed E-state index contributed by atoms with van der Waals surface area (Å²) in [6.07, 6.45) is 3.04. The summed E-state index contributed by atoms with van der Waals surface area (Å²) in [6.45, 7) is 1.60. The summed E-state index contributed by atoms with van der Waals surface area (Å²) in [4.78, 5) is 8.33. The van der Waals surface area contributed by atoms with Crippen LogP contribution in [0.4, 0.5) is 4.39 Å². The van der Waals surface area contributed by atoms with Crippen molar-refractivity contribution in [2.24, 2.45) is 7.05 Å². The number of hydrogen-bond donors (Lipinski definition) is 0. The van der Waals surface area contributed by atoms with E-state index in [2.05, 4.69) is 25.9 Å². The van der Waals surface area contributed by atoms with E-state index in [0.717, 1.165) is 0 Å². The quantitative estimate of drug-likeness (QED) is 0.574. The zero-order chi connectivity index (χ0) is 19.6. The Kier molecular flexibility index (Phi) is 5.73. The van der Waals surface area contributed by atoms with Gasteiger partial charge < -0.3 is 4.57 Å². The zero-order valence-electron chi connectivity index (χ0n) is 14.8. The molecule has 0 atom stereocenters. The number of nitrogens with zero attached hydrogens (tertiary/aromatic N) is 4. The Morgan fingerprint density at radius 1 is 1.22 bits per heavy atom. The van der Waals surface area contributed by atoms with E-state index >= 15 is 0 Å². The first-order valence-electron chi connectivity index (χ1n) is 8.11. The molecular weight excluding hydrogens is 435 g/mol. The van der Waals surface area contributed by atoms with Gasteiger partial charge in [0.25, 0.3) is 10.0 Å². The molecule has 0 aliphatic heterocycles. The molecule has 0 saturated heterocycles. The number of imidazole rings is 1. The molecule has 0 N–H and O–H groups in total. The van der Waals surface area contributed by atoms with Gasteiger partial charge >= 0.3 is 0 Å². The number of pyridine rings is 1. The van der Waals surface area contributed by atoms with E-state index in [9.17, 15) is 12.8 Å². The molecule has 0 radical (unpaired) electrons. The first-order valence-corrected chi connectivity index (χ1v) is 10.3. The van der Waals surface area contributed by atoms with Crippen molar-refractivity contribution < 1.29 is 12.8 Å². The summed E-state index contributed by atoms with van der Waals surface area (Å²) in [5.74, 6) is 0.0870. The molecule has 0 saturated carbocycles. The molecule has 142 valence electrons. The van der Waals surface area contributed by atoms with Crippen molar-refractivity contribution in [2.75, 3.05) is 0 Å². The molecule has 2 aromatic heterocycles. The van der Waals surface area contributed by atoms with Crippen LogP contribution in [0.3, 0.4) is 0 Å². The first-order chi connectivity index (χ1) is 12.8. The lowest BCUT2D eigenvalue weighted by Crippen LogP contribution is -2.31. The molecule has 9 heteroatoms. The van der Waals surface area contributed by atoms with Crippen molar-refractivity contribution in [1.29, 1.82) is 0 Å². The molecule has 6 nitrogen and oxygen atoms in total. The molecule has 27 heavy (non-hydrogen) atoms. The van der Waals surface area contributed by atoms with Gasteiger partial charge in [0.2, 0.25) is 0 Å². The Morgan fingerprint density at radius 3 is 2.59 bits per heavy atom. The number of benzene rings is 1. The zero-order valence-corrected chi connectivity index (χ0v) is 17.2. The number of aromatic nitrogens is 3. The summed E-state index contributed by atoms with van der Waals surface area (Å²) in [5.41, 5.74) is 0.830. The van der Waals surface area contributed by atoms with Crippen molar-refractivity contribution in [2.45, 2.75) is 25.0 Å². The average molecular weight is 453 g/mol. The third-order valence-electron chi connectivity index (χ3n) is 4.12. The maximum Gasteiger partial charge on any atom is 0.262 e. The van der Waals surface area contributed by atoms with Crippen LogP contribution in [-0.4, -0.2) is 27.3 Å². The lowest BCUT2D eigenvalue weighted by atomic mass is 10.2. The van der Waals surface area contributed by atoms with Crippen LogP contribution in [0.5, 0.6) is 0 Å². The average Bonchev–Trinajstić information content (AvgIpc) is 2.97. The molecule has 3 rings (SSSR count). The Hall–Kier alpha value is -2.10. The fraction of sp³-hybridized carbons (Fsp3) is 0.222. The molecule has 1 aromatic carbocycles. The highest BCUT2D eigenvalue weighted by Crippen LogP contribution is 2.23. The van der Waals surface area contributed by atoms with Crippen LogP contribution in [0.2, 0.25) is 0 Å². The van der Waals surface area contributed by atoms with E-state index in [1.165, 1.54) is 16.6 Å². The van der Waals surface area contributed by atoms with Gasteiger partial charge in [-0.1, -0.05) is 28.1 Å². The summed E-state index contributed by atoms with van der Waals surface area (Å²) >= 11 is 3.21. The number of rotatable bonds is 6. The SMILES string of the molecule is Cc1nc(S(=O)(=O)N(Cc2ccccn2)Cc2ccc(Br)cc2F)cn1C. The van der Waals surface area contributed by atoms with Gasteiger partial charge in [0, 0.05) is 36.0 Å². The van der Waals surface area contributed by atoms with Crippen LogP contribution < -0.4 is 0 Å². The molecule has 2 heterocycles. The molecule has 0 unspecified atom stereocenters. The minimum atomic E-state index is -3.94. The Morgan fingerprint density at radius 2 is 2.00 bits per heavy atom. The maximum atomic E-state index is 14.3. The molecule has 0 aliphatic rings. The number of hydrogen-bond acceptors (Lipinski definition) is 4. The van der Waals surface area contributed by atoms with Crippen molar-refractivity contribution in [3.8, 4) is 0 Å². The lowest BCUT2D eigenvalue weighted by molar-refractivity contribution is 0.388. The van der Waals surface area contributed by atoms with E-state index in [1.54, 1.807) is 55.1 Å². The van der Waals surface area contributed by atoms with Gasteiger partial charge in [0.15, 0.2) is 5.03 Å². The van der Waals surface area contributed by atoms with Crippen LogP contribution in [0.25, 0.3) is 0 Å². The number of aryl methyl sites for hydroxylation is 2. The van der Waals surface area contributed by atoms with Crippen LogP contribution in [0, 0.1) is 12.7 Å². The number of sulfonamides is 1. The Labute approximate surface area is 165 Å². The molecule has 0 amide bonds. The first kappa shape index (κ1) is 19.7. The fourth-order valence-corrected chi connectivity index (χ4v) is 4.27. The molecular formula is C18H18BrFN4O2S. The van der Waals surface area contributed by atoms with Crippen molar-refractivity contribution in [3.05, 3.63) is 76.2 Å². The largest absolute Gasteiger partial charge is 0.337 e. The van der Waals surface area contributed by atoms with Crippen molar-refractivity contribution in [3.63, 3.8) is 0 Å². The van der Waals surface area contributed by atoms with Crippen LogP contribution in [0.1, 0.15) is 17.1 Å². The maximum absolute atomic E-state index is 14.3. The summed E-state index contributed by atoms with van der Waals surface area (Å²) in [7, 11) is -2.22. The van der Waals surface area contributed by atoms with E-state index in [4.69, 9.17) is 0 Å². The second-order valence-corrected chi connectivity index (χ2v) is 8.87. The van der Waals surface area contributed by atoms with E-state index < -0.39 is 15.8 Å². The monoisotopic (exact) mass is 452 g/mol. The molecule has 0 aliphatic carbocycles. The van der Waals surface area contributed by atoms with Gasteiger partial charge in [-0.05, 0) is 31.2 Å². The molecule has 0 bridgehead atoms. The van der Waals surface area contributed by atoms with Gasteiger partial charge in [0.05, 0.1) is 12.2 Å².